The number of fused-ring (bicyclic) bond motifs is 6. The maximum absolute atomic E-state index is 13.2. The Morgan fingerprint density at radius 1 is 1.28 bits per heavy atom. The number of phenolic OH excluding ortho intramolecular Hbond substituents is 1. The van der Waals surface area contributed by atoms with E-state index in [1.807, 2.05) is 0 Å². The monoisotopic (exact) mass is 403 g/mol. The molecule has 0 unspecified atom stereocenters. The smallest absolute Gasteiger partial charge is 0.303 e. The van der Waals surface area contributed by atoms with Crippen LogP contribution in [0.4, 0.5) is 0 Å². The standard InChI is InChI=1S/C20H21NO8/c1-8(22)27-12-6-10-9-5-11-16(26-7-25-11)15(23)13(9)19(24)21(4)14(10)18-17(12)28-20(2,3)29-18/h5-6,12,14,17-18,23H,7H2,1-4H3/t12-,14+,17+,18-/m0/s1. The van der Waals surface area contributed by atoms with Crippen LogP contribution in [0, 0.1) is 0 Å². The number of ether oxygens (including phenoxy) is 5. The number of amides is 1. The van der Waals surface area contributed by atoms with E-state index in [4.69, 9.17) is 23.7 Å². The Morgan fingerprint density at radius 3 is 2.72 bits per heavy atom. The van der Waals surface area contributed by atoms with Gasteiger partial charge in [0.15, 0.2) is 17.3 Å². The van der Waals surface area contributed by atoms with E-state index in [0.29, 0.717) is 16.9 Å². The number of carbonyl (C=O) groups is 2. The number of carbonyl (C=O) groups excluding carboxylic acids is 2. The van der Waals surface area contributed by atoms with Crippen molar-refractivity contribution in [2.24, 2.45) is 0 Å². The largest absolute Gasteiger partial charge is 0.504 e. The minimum atomic E-state index is -0.905. The van der Waals surface area contributed by atoms with Crippen molar-refractivity contribution >= 4 is 17.4 Å². The van der Waals surface area contributed by atoms with Crippen LogP contribution in [0.15, 0.2) is 12.1 Å². The molecule has 0 aromatic heterocycles. The van der Waals surface area contributed by atoms with Gasteiger partial charge in [-0.05, 0) is 31.6 Å². The van der Waals surface area contributed by atoms with E-state index in [0.717, 1.165) is 0 Å². The third kappa shape index (κ3) is 2.54. The van der Waals surface area contributed by atoms with Crippen molar-refractivity contribution in [2.75, 3.05) is 13.8 Å². The van der Waals surface area contributed by atoms with Crippen molar-refractivity contribution in [1.29, 1.82) is 0 Å². The molecule has 29 heavy (non-hydrogen) atoms. The second-order valence-corrected chi connectivity index (χ2v) is 8.00. The molecule has 0 saturated carbocycles. The van der Waals surface area contributed by atoms with Crippen LogP contribution in [-0.2, 0) is 19.0 Å². The lowest BCUT2D eigenvalue weighted by Crippen LogP contribution is -2.57. The molecule has 1 aromatic carbocycles. The van der Waals surface area contributed by atoms with E-state index in [1.54, 1.807) is 33.0 Å². The Bertz CT molecular complexity index is 968. The molecule has 1 aliphatic carbocycles. The molecule has 1 aromatic rings. The lowest BCUT2D eigenvalue weighted by atomic mass is 9.78. The first kappa shape index (κ1) is 18.3. The van der Waals surface area contributed by atoms with Gasteiger partial charge >= 0.3 is 5.97 Å². The van der Waals surface area contributed by atoms with Crippen LogP contribution < -0.4 is 9.47 Å². The molecule has 0 spiro atoms. The number of hydrogen-bond acceptors (Lipinski definition) is 8. The second-order valence-electron chi connectivity index (χ2n) is 8.00. The fourth-order valence-corrected chi connectivity index (χ4v) is 4.61. The van der Waals surface area contributed by atoms with Crippen molar-refractivity contribution < 1.29 is 38.4 Å². The maximum Gasteiger partial charge on any atom is 0.303 e. The van der Waals surface area contributed by atoms with Crippen LogP contribution in [0.25, 0.3) is 5.57 Å². The van der Waals surface area contributed by atoms with E-state index >= 15 is 0 Å². The zero-order valence-electron chi connectivity index (χ0n) is 16.4. The molecule has 9 heteroatoms. The molecule has 1 fully saturated rings. The van der Waals surface area contributed by atoms with Gasteiger partial charge in [0, 0.05) is 19.5 Å². The lowest BCUT2D eigenvalue weighted by molar-refractivity contribution is -0.165. The third-order valence-corrected chi connectivity index (χ3v) is 5.66. The van der Waals surface area contributed by atoms with Crippen molar-refractivity contribution in [3.05, 3.63) is 23.3 Å². The van der Waals surface area contributed by atoms with Crippen LogP contribution in [0.5, 0.6) is 17.2 Å². The van der Waals surface area contributed by atoms with E-state index in [2.05, 4.69) is 0 Å². The lowest BCUT2D eigenvalue weighted by Gasteiger charge is -2.44. The van der Waals surface area contributed by atoms with Crippen LogP contribution in [-0.4, -0.2) is 65.9 Å². The van der Waals surface area contributed by atoms with Crippen LogP contribution in [0.1, 0.15) is 36.7 Å². The molecular weight excluding hydrogens is 382 g/mol. The van der Waals surface area contributed by atoms with Crippen LogP contribution in [0.2, 0.25) is 0 Å². The second kappa shape index (κ2) is 5.87. The minimum Gasteiger partial charge on any atom is -0.504 e. The van der Waals surface area contributed by atoms with E-state index in [-0.39, 0.29) is 29.8 Å². The summed E-state index contributed by atoms with van der Waals surface area (Å²) < 4.78 is 28.4. The summed E-state index contributed by atoms with van der Waals surface area (Å²) in [6.07, 6.45) is -0.0554. The van der Waals surface area contributed by atoms with Crippen LogP contribution in [0.3, 0.4) is 0 Å². The Hall–Kier alpha value is -2.78. The highest BCUT2D eigenvalue weighted by Crippen LogP contribution is 2.52. The fraction of sp³-hybridized carbons (Fsp3) is 0.500. The molecule has 154 valence electrons. The predicted octanol–water partition coefficient (Wildman–Crippen LogP) is 1.42. The number of nitrogens with zero attached hydrogens (tertiary/aromatic N) is 1. The number of esters is 1. The predicted molar refractivity (Wildman–Crippen MR) is 97.5 cm³/mol. The van der Waals surface area contributed by atoms with Gasteiger partial charge in [-0.1, -0.05) is 0 Å². The van der Waals surface area contributed by atoms with E-state index < -0.39 is 36.1 Å². The summed E-state index contributed by atoms with van der Waals surface area (Å²) in [6.45, 7) is 4.84. The highest BCUT2D eigenvalue weighted by molar-refractivity contribution is 6.07. The van der Waals surface area contributed by atoms with Crippen molar-refractivity contribution in [3.8, 4) is 17.2 Å². The van der Waals surface area contributed by atoms with Gasteiger partial charge in [-0.2, -0.15) is 0 Å². The minimum absolute atomic E-state index is 0.0375. The molecule has 9 nitrogen and oxygen atoms in total. The molecule has 1 amide bonds. The quantitative estimate of drug-likeness (QED) is 0.703. The summed E-state index contributed by atoms with van der Waals surface area (Å²) in [5, 5.41) is 10.7. The molecule has 4 atom stereocenters. The maximum atomic E-state index is 13.2. The SMILES string of the molecule is CC(=O)O[C@H]1C=C2c3cc4c(c(O)c3C(=O)N(C)[C@H]2[C@@H]2OC(C)(C)O[C@@H]21)OCO4. The zero-order valence-corrected chi connectivity index (χ0v) is 16.4. The molecule has 1 N–H and O–H groups in total. The first-order valence-electron chi connectivity index (χ1n) is 9.35. The highest BCUT2D eigenvalue weighted by Gasteiger charge is 2.56. The molecule has 3 heterocycles. The molecule has 0 radical (unpaired) electrons. The van der Waals surface area contributed by atoms with Crippen molar-refractivity contribution in [3.63, 3.8) is 0 Å². The van der Waals surface area contributed by atoms with Gasteiger partial charge < -0.3 is 33.7 Å². The van der Waals surface area contributed by atoms with E-state index in [1.165, 1.54) is 11.8 Å². The summed E-state index contributed by atoms with van der Waals surface area (Å²) in [5.74, 6) is -1.48. The molecule has 0 bridgehead atoms. The van der Waals surface area contributed by atoms with Crippen molar-refractivity contribution in [2.45, 2.75) is 50.9 Å². The summed E-state index contributed by atoms with van der Waals surface area (Å²) in [5.41, 5.74) is 1.32. The Labute approximate surface area is 166 Å². The number of benzene rings is 1. The summed E-state index contributed by atoms with van der Waals surface area (Å²) >= 11 is 0. The highest BCUT2D eigenvalue weighted by atomic mass is 16.8. The first-order chi connectivity index (χ1) is 13.7. The molecular formula is C20H21NO8. The Morgan fingerprint density at radius 2 is 2.00 bits per heavy atom. The normalized spacial score (nSPS) is 31.0. The van der Waals surface area contributed by atoms with Gasteiger partial charge in [0.05, 0.1) is 11.6 Å². The number of phenols is 1. The molecule has 1 saturated heterocycles. The Kier molecular flexibility index (Phi) is 3.69. The number of rotatable bonds is 1. The zero-order chi connectivity index (χ0) is 20.7. The van der Waals surface area contributed by atoms with Gasteiger partial charge in [-0.15, -0.1) is 0 Å². The average Bonchev–Trinajstić information content (AvgIpc) is 3.22. The van der Waals surface area contributed by atoms with Gasteiger partial charge in [0.2, 0.25) is 12.5 Å². The molecule has 5 rings (SSSR count). The third-order valence-electron chi connectivity index (χ3n) is 5.66. The number of hydrogen-bond donors (Lipinski definition) is 1. The topological polar surface area (TPSA) is 104 Å². The average molecular weight is 403 g/mol. The van der Waals surface area contributed by atoms with E-state index in [9.17, 15) is 14.7 Å². The molecule has 3 aliphatic heterocycles. The summed E-state index contributed by atoms with van der Waals surface area (Å²) in [4.78, 5) is 26.4. The number of likely N-dealkylation sites (N-methyl/N-ethyl adjacent to an activating group) is 1. The summed E-state index contributed by atoms with van der Waals surface area (Å²) in [7, 11) is 1.64. The Balaban J connectivity index is 1.71. The van der Waals surface area contributed by atoms with Crippen molar-refractivity contribution in [1.82, 2.24) is 4.90 Å². The van der Waals surface area contributed by atoms with Gasteiger partial charge in [-0.3, -0.25) is 9.59 Å². The van der Waals surface area contributed by atoms with Gasteiger partial charge in [0.25, 0.3) is 5.91 Å². The first-order valence-corrected chi connectivity index (χ1v) is 9.35. The number of aromatic hydroxyl groups is 1. The molecule has 4 aliphatic rings. The van der Waals surface area contributed by atoms with Gasteiger partial charge in [-0.25, -0.2) is 0 Å². The fourth-order valence-electron chi connectivity index (χ4n) is 4.61. The van der Waals surface area contributed by atoms with Gasteiger partial charge in [0.1, 0.15) is 18.3 Å². The summed E-state index contributed by atoms with van der Waals surface area (Å²) in [6, 6.07) is 1.20. The van der Waals surface area contributed by atoms with Crippen LogP contribution >= 0.6 is 0 Å².